The van der Waals surface area contributed by atoms with Gasteiger partial charge in [-0.3, -0.25) is 9.69 Å². The molecule has 8 nitrogen and oxygen atoms in total. The topological polar surface area (TPSA) is 94.2 Å². The van der Waals surface area contributed by atoms with E-state index in [0.717, 1.165) is 5.56 Å². The summed E-state index contributed by atoms with van der Waals surface area (Å²) in [4.78, 5) is 39.1. The Bertz CT molecular complexity index is 756. The van der Waals surface area contributed by atoms with Gasteiger partial charge in [-0.1, -0.05) is 6.92 Å². The number of alkyl carbamates (subject to hydrolysis) is 1. The van der Waals surface area contributed by atoms with Crippen LogP contribution >= 0.6 is 0 Å². The summed E-state index contributed by atoms with van der Waals surface area (Å²) in [6.07, 6.45) is -0.0293. The molecule has 1 aliphatic rings. The molecular weight excluding hydrogens is 364 g/mol. The van der Waals surface area contributed by atoms with Crippen molar-refractivity contribution in [2.45, 2.75) is 58.2 Å². The zero-order valence-electron chi connectivity index (χ0n) is 17.2. The number of carbonyl (C=O) groups excluding carboxylic acids is 3. The van der Waals surface area contributed by atoms with Crippen molar-refractivity contribution < 1.29 is 28.6 Å². The molecule has 154 valence electrons. The van der Waals surface area contributed by atoms with Crippen LogP contribution in [-0.4, -0.2) is 49.9 Å². The number of anilines is 1. The van der Waals surface area contributed by atoms with Gasteiger partial charge >= 0.3 is 12.1 Å². The summed E-state index contributed by atoms with van der Waals surface area (Å²) in [6, 6.07) is 3.61. The Balaban J connectivity index is 2.31. The molecule has 0 radical (unpaired) electrons. The molecule has 0 spiro atoms. The molecule has 0 saturated carbocycles. The largest absolute Gasteiger partial charge is 0.497 e. The third-order valence-electron chi connectivity index (χ3n) is 4.38. The minimum atomic E-state index is -0.838. The van der Waals surface area contributed by atoms with Crippen LogP contribution in [0, 0.1) is 0 Å². The van der Waals surface area contributed by atoms with Gasteiger partial charge in [-0.05, 0) is 51.0 Å². The molecule has 1 aromatic carbocycles. The molecule has 2 amide bonds. The van der Waals surface area contributed by atoms with Crippen molar-refractivity contribution in [2.24, 2.45) is 0 Å². The molecule has 28 heavy (non-hydrogen) atoms. The highest BCUT2D eigenvalue weighted by Gasteiger charge is 2.41. The average Bonchev–Trinajstić information content (AvgIpc) is 3.01. The van der Waals surface area contributed by atoms with E-state index in [4.69, 9.17) is 14.2 Å². The lowest BCUT2D eigenvalue weighted by Gasteiger charge is -2.29. The van der Waals surface area contributed by atoms with E-state index in [1.54, 1.807) is 53.0 Å². The fourth-order valence-corrected chi connectivity index (χ4v) is 3.11. The highest BCUT2D eigenvalue weighted by Crippen LogP contribution is 2.36. The van der Waals surface area contributed by atoms with E-state index < -0.39 is 35.7 Å². The summed E-state index contributed by atoms with van der Waals surface area (Å²) in [7, 11) is 2.83. The number of fused-ring (bicyclic) bond motifs is 1. The summed E-state index contributed by atoms with van der Waals surface area (Å²) >= 11 is 0. The lowest BCUT2D eigenvalue weighted by Crippen LogP contribution is -2.53. The van der Waals surface area contributed by atoms with Crippen LogP contribution in [0.4, 0.5) is 10.5 Å². The first-order chi connectivity index (χ1) is 13.1. The van der Waals surface area contributed by atoms with Crippen LogP contribution in [0.2, 0.25) is 0 Å². The average molecular weight is 392 g/mol. The van der Waals surface area contributed by atoms with Gasteiger partial charge < -0.3 is 19.5 Å². The molecule has 2 atom stereocenters. The third-order valence-corrected chi connectivity index (χ3v) is 4.38. The van der Waals surface area contributed by atoms with Crippen LogP contribution in [0.1, 0.15) is 39.7 Å². The first-order valence-electron chi connectivity index (χ1n) is 9.18. The maximum atomic E-state index is 13.2. The van der Waals surface area contributed by atoms with Crippen LogP contribution in [0.25, 0.3) is 0 Å². The fourth-order valence-electron chi connectivity index (χ4n) is 3.11. The Hall–Kier alpha value is -2.77. The van der Waals surface area contributed by atoms with Crippen LogP contribution in [0.15, 0.2) is 18.2 Å². The second-order valence-electron chi connectivity index (χ2n) is 7.55. The van der Waals surface area contributed by atoms with E-state index in [1.165, 1.54) is 12.0 Å². The number of ether oxygens (including phenoxy) is 3. The molecule has 1 N–H and O–H groups in total. The molecule has 1 aliphatic heterocycles. The van der Waals surface area contributed by atoms with Gasteiger partial charge in [0.05, 0.1) is 14.2 Å². The number of hydrogen-bond acceptors (Lipinski definition) is 6. The van der Waals surface area contributed by atoms with Gasteiger partial charge in [0.15, 0.2) is 0 Å². The SMILES string of the molecule is CC[C@H](NC(=O)OC(C)(C)C)C(=O)N1c2ccc(OC)cc2CC1C(=O)OC. The molecule has 2 rings (SSSR count). The third kappa shape index (κ3) is 4.74. The maximum absolute atomic E-state index is 13.2. The minimum absolute atomic E-state index is 0.313. The predicted octanol–water partition coefficient (Wildman–Crippen LogP) is 2.43. The zero-order valence-corrected chi connectivity index (χ0v) is 17.2. The van der Waals surface area contributed by atoms with E-state index in [1.807, 2.05) is 0 Å². The number of esters is 1. The fraction of sp³-hybridized carbons (Fsp3) is 0.550. The summed E-state index contributed by atoms with van der Waals surface area (Å²) in [6.45, 7) is 7.00. The lowest BCUT2D eigenvalue weighted by molar-refractivity contribution is -0.143. The van der Waals surface area contributed by atoms with Crippen molar-refractivity contribution >= 4 is 23.7 Å². The molecule has 0 aromatic heterocycles. The minimum Gasteiger partial charge on any atom is -0.497 e. The Morgan fingerprint density at radius 3 is 2.46 bits per heavy atom. The first kappa shape index (κ1) is 21.5. The first-order valence-corrected chi connectivity index (χ1v) is 9.18. The van der Waals surface area contributed by atoms with Gasteiger partial charge in [-0.15, -0.1) is 0 Å². The summed E-state index contributed by atoms with van der Waals surface area (Å²) in [5, 5.41) is 2.60. The van der Waals surface area contributed by atoms with Gasteiger partial charge in [-0.2, -0.15) is 0 Å². The van der Waals surface area contributed by atoms with Gasteiger partial charge in [0.1, 0.15) is 23.4 Å². The second-order valence-corrected chi connectivity index (χ2v) is 7.55. The van der Waals surface area contributed by atoms with E-state index in [9.17, 15) is 14.4 Å². The molecule has 0 saturated heterocycles. The number of amides is 2. The number of nitrogens with zero attached hydrogens (tertiary/aromatic N) is 1. The van der Waals surface area contributed by atoms with Crippen molar-refractivity contribution in [1.82, 2.24) is 5.32 Å². The molecular formula is C20H28N2O6. The number of carbonyl (C=O) groups is 3. The monoisotopic (exact) mass is 392 g/mol. The Morgan fingerprint density at radius 2 is 1.93 bits per heavy atom. The highest BCUT2D eigenvalue weighted by atomic mass is 16.6. The van der Waals surface area contributed by atoms with E-state index in [2.05, 4.69) is 5.32 Å². The van der Waals surface area contributed by atoms with Crippen LogP contribution in [0.3, 0.4) is 0 Å². The summed E-state index contributed by atoms with van der Waals surface area (Å²) in [5.74, 6) is -0.279. The van der Waals surface area contributed by atoms with Crippen molar-refractivity contribution in [2.75, 3.05) is 19.1 Å². The number of methoxy groups -OCH3 is 2. The number of nitrogens with one attached hydrogen (secondary N) is 1. The quantitative estimate of drug-likeness (QED) is 0.774. The number of rotatable bonds is 5. The van der Waals surface area contributed by atoms with E-state index >= 15 is 0 Å². The molecule has 0 bridgehead atoms. The highest BCUT2D eigenvalue weighted by molar-refractivity contribution is 6.05. The Morgan fingerprint density at radius 1 is 1.25 bits per heavy atom. The summed E-state index contributed by atoms with van der Waals surface area (Å²) in [5.41, 5.74) is 0.720. The van der Waals surface area contributed by atoms with Gasteiger partial charge in [0.2, 0.25) is 0 Å². The normalized spacial score (nSPS) is 16.8. The summed E-state index contributed by atoms with van der Waals surface area (Å²) < 4.78 is 15.4. The second kappa shape index (κ2) is 8.50. The molecule has 0 aliphatic carbocycles. The molecule has 1 unspecified atom stereocenters. The maximum Gasteiger partial charge on any atom is 0.408 e. The van der Waals surface area contributed by atoms with Crippen molar-refractivity contribution in [3.05, 3.63) is 23.8 Å². The Labute approximate surface area is 165 Å². The molecule has 1 heterocycles. The number of hydrogen-bond donors (Lipinski definition) is 1. The van der Waals surface area contributed by atoms with Crippen LogP contribution in [0.5, 0.6) is 5.75 Å². The smallest absolute Gasteiger partial charge is 0.408 e. The van der Waals surface area contributed by atoms with Crippen molar-refractivity contribution in [1.29, 1.82) is 0 Å². The Kier molecular flexibility index (Phi) is 6.53. The predicted molar refractivity (Wildman–Crippen MR) is 103 cm³/mol. The lowest BCUT2D eigenvalue weighted by atomic mass is 10.1. The molecule has 8 heteroatoms. The standard InChI is InChI=1S/C20H28N2O6/c1-7-14(21-19(25)28-20(2,3)4)17(23)22-15-9-8-13(26-5)10-12(15)11-16(22)18(24)27-6/h8-10,14,16H,7,11H2,1-6H3,(H,21,25)/t14-,16?/m0/s1. The zero-order chi connectivity index (χ0) is 21.1. The molecule has 1 aromatic rings. The van der Waals surface area contributed by atoms with Crippen LogP contribution in [-0.2, 0) is 25.5 Å². The van der Waals surface area contributed by atoms with E-state index in [0.29, 0.717) is 24.3 Å². The van der Waals surface area contributed by atoms with Gasteiger partial charge in [-0.25, -0.2) is 9.59 Å². The van der Waals surface area contributed by atoms with E-state index in [-0.39, 0.29) is 0 Å². The van der Waals surface area contributed by atoms with Crippen molar-refractivity contribution in [3.8, 4) is 5.75 Å². The van der Waals surface area contributed by atoms with Crippen LogP contribution < -0.4 is 15.0 Å². The van der Waals surface area contributed by atoms with Gasteiger partial charge in [0, 0.05) is 12.1 Å². The molecule has 0 fully saturated rings. The number of benzene rings is 1. The van der Waals surface area contributed by atoms with Crippen molar-refractivity contribution in [3.63, 3.8) is 0 Å². The van der Waals surface area contributed by atoms with Gasteiger partial charge in [0.25, 0.3) is 5.91 Å².